The van der Waals surface area contributed by atoms with Crippen molar-refractivity contribution in [3.63, 3.8) is 0 Å². The minimum atomic E-state index is -3.97. The molecule has 1 heterocycles. The number of carbonyl (C=O) groups is 1. The first kappa shape index (κ1) is 20.3. The summed E-state index contributed by atoms with van der Waals surface area (Å²) in [6.07, 6.45) is 0. The molecular weight excluding hydrogens is 381 g/mol. The fourth-order valence-corrected chi connectivity index (χ4v) is 4.53. The number of nitrogens with one attached hydrogen (secondary N) is 1. The number of hydrogen-bond donors (Lipinski definition) is 1. The van der Waals surface area contributed by atoms with E-state index in [4.69, 9.17) is 0 Å². The second kappa shape index (κ2) is 8.28. The predicted molar refractivity (Wildman–Crippen MR) is 105 cm³/mol. The minimum Gasteiger partial charge on any atom is -0.334 e. The van der Waals surface area contributed by atoms with E-state index in [-0.39, 0.29) is 23.0 Å². The van der Waals surface area contributed by atoms with Crippen LogP contribution in [0, 0.1) is 12.7 Å². The van der Waals surface area contributed by atoms with Crippen LogP contribution in [0.1, 0.15) is 5.56 Å². The Morgan fingerprint density at radius 3 is 2.21 bits per heavy atom. The lowest BCUT2D eigenvalue weighted by Gasteiger charge is -2.32. The molecule has 0 saturated carbocycles. The third-order valence-corrected chi connectivity index (χ3v) is 6.76. The summed E-state index contributed by atoms with van der Waals surface area (Å²) in [6, 6.07) is 11.6. The zero-order chi connectivity index (χ0) is 20.3. The SMILES string of the molecule is Cc1ccc(S(=O)(=O)N(CC(=O)N2CC[NH+](C)CC2)c2ccc(F)cc2)cc1. The van der Waals surface area contributed by atoms with Crippen LogP contribution in [0.3, 0.4) is 0 Å². The molecule has 1 aliphatic heterocycles. The average Bonchev–Trinajstić information content (AvgIpc) is 2.67. The summed E-state index contributed by atoms with van der Waals surface area (Å²) < 4.78 is 40.9. The van der Waals surface area contributed by atoms with Gasteiger partial charge in [-0.3, -0.25) is 9.10 Å². The van der Waals surface area contributed by atoms with E-state index in [1.807, 2.05) is 6.92 Å². The van der Waals surface area contributed by atoms with Gasteiger partial charge in [0.2, 0.25) is 5.91 Å². The Morgan fingerprint density at radius 1 is 1.07 bits per heavy atom. The smallest absolute Gasteiger partial charge is 0.264 e. The van der Waals surface area contributed by atoms with Crippen LogP contribution in [0.4, 0.5) is 10.1 Å². The van der Waals surface area contributed by atoms with Crippen molar-refractivity contribution in [1.29, 1.82) is 0 Å². The van der Waals surface area contributed by atoms with Crippen molar-refractivity contribution in [2.75, 3.05) is 44.1 Å². The molecule has 1 saturated heterocycles. The van der Waals surface area contributed by atoms with Gasteiger partial charge < -0.3 is 9.80 Å². The van der Waals surface area contributed by atoms with E-state index in [0.717, 1.165) is 23.0 Å². The number of halogens is 1. The van der Waals surface area contributed by atoms with Gasteiger partial charge in [0.25, 0.3) is 10.0 Å². The van der Waals surface area contributed by atoms with Gasteiger partial charge in [-0.25, -0.2) is 12.8 Å². The molecule has 0 aliphatic carbocycles. The van der Waals surface area contributed by atoms with Crippen molar-refractivity contribution in [2.24, 2.45) is 0 Å². The summed E-state index contributed by atoms with van der Waals surface area (Å²) in [5.41, 5.74) is 1.19. The highest BCUT2D eigenvalue weighted by Gasteiger charge is 2.30. The third-order valence-electron chi connectivity index (χ3n) is 4.97. The van der Waals surface area contributed by atoms with E-state index >= 15 is 0 Å². The summed E-state index contributed by atoms with van der Waals surface area (Å²) in [4.78, 5) is 15.9. The van der Waals surface area contributed by atoms with Gasteiger partial charge in [-0.05, 0) is 43.3 Å². The van der Waals surface area contributed by atoms with Crippen molar-refractivity contribution in [3.05, 3.63) is 59.9 Å². The van der Waals surface area contributed by atoms with Crippen LogP contribution in [0.25, 0.3) is 0 Å². The lowest BCUT2D eigenvalue weighted by Crippen LogP contribution is -3.12. The lowest BCUT2D eigenvalue weighted by molar-refractivity contribution is -0.883. The van der Waals surface area contributed by atoms with Gasteiger partial charge >= 0.3 is 0 Å². The topological polar surface area (TPSA) is 62.1 Å². The van der Waals surface area contributed by atoms with E-state index in [9.17, 15) is 17.6 Å². The van der Waals surface area contributed by atoms with Crippen LogP contribution >= 0.6 is 0 Å². The number of rotatable bonds is 5. The normalized spacial score (nSPS) is 15.5. The maximum Gasteiger partial charge on any atom is 0.264 e. The van der Waals surface area contributed by atoms with Gasteiger partial charge in [0.1, 0.15) is 12.4 Å². The van der Waals surface area contributed by atoms with Crippen molar-refractivity contribution in [1.82, 2.24) is 4.90 Å². The predicted octanol–water partition coefficient (Wildman–Crippen LogP) is 0.686. The summed E-state index contributed by atoms with van der Waals surface area (Å²) in [7, 11) is -1.91. The molecule has 1 fully saturated rings. The standard InChI is InChI=1S/C20H24FN3O3S/c1-16-3-9-19(10-4-16)28(26,27)24(18-7-5-17(21)6-8-18)15-20(25)23-13-11-22(2)12-14-23/h3-10H,11-15H2,1-2H3/p+1. The number of sulfonamides is 1. The quantitative estimate of drug-likeness (QED) is 0.795. The number of hydrogen-bond acceptors (Lipinski definition) is 3. The van der Waals surface area contributed by atoms with Gasteiger partial charge in [-0.15, -0.1) is 0 Å². The molecule has 1 N–H and O–H groups in total. The number of aryl methyl sites for hydroxylation is 1. The maximum atomic E-state index is 13.4. The molecule has 1 amide bonds. The zero-order valence-electron chi connectivity index (χ0n) is 16.1. The molecule has 0 atom stereocenters. The van der Waals surface area contributed by atoms with E-state index in [1.165, 1.54) is 41.3 Å². The molecular formula is C20H25FN3O3S+. The Kier molecular flexibility index (Phi) is 6.00. The number of piperazine rings is 1. The number of benzene rings is 2. The number of carbonyl (C=O) groups excluding carboxylic acids is 1. The minimum absolute atomic E-state index is 0.0954. The van der Waals surface area contributed by atoms with Crippen molar-refractivity contribution in [2.45, 2.75) is 11.8 Å². The Hall–Kier alpha value is -2.45. The zero-order valence-corrected chi connectivity index (χ0v) is 16.9. The maximum absolute atomic E-state index is 13.4. The Bertz CT molecular complexity index is 922. The van der Waals surface area contributed by atoms with Crippen molar-refractivity contribution in [3.8, 4) is 0 Å². The van der Waals surface area contributed by atoms with E-state index in [0.29, 0.717) is 13.1 Å². The van der Waals surface area contributed by atoms with Crippen molar-refractivity contribution >= 4 is 21.6 Å². The molecule has 6 nitrogen and oxygen atoms in total. The number of likely N-dealkylation sites (N-methyl/N-ethyl adjacent to an activating group) is 1. The number of nitrogens with zero attached hydrogens (tertiary/aromatic N) is 2. The fraction of sp³-hybridized carbons (Fsp3) is 0.350. The van der Waals surface area contributed by atoms with E-state index in [2.05, 4.69) is 7.05 Å². The molecule has 0 spiro atoms. The largest absolute Gasteiger partial charge is 0.334 e. The molecule has 8 heteroatoms. The molecule has 28 heavy (non-hydrogen) atoms. The van der Waals surface area contributed by atoms with Gasteiger partial charge in [0, 0.05) is 0 Å². The first-order valence-electron chi connectivity index (χ1n) is 9.21. The van der Waals surface area contributed by atoms with Crippen LogP contribution in [0.2, 0.25) is 0 Å². The Morgan fingerprint density at radius 2 is 1.64 bits per heavy atom. The molecule has 0 unspecified atom stereocenters. The third kappa shape index (κ3) is 4.51. The van der Waals surface area contributed by atoms with Crippen LogP contribution in [-0.4, -0.2) is 59.0 Å². The monoisotopic (exact) mass is 406 g/mol. The molecule has 3 rings (SSSR count). The van der Waals surface area contributed by atoms with Crippen LogP contribution in [0.5, 0.6) is 0 Å². The number of amides is 1. The first-order chi connectivity index (χ1) is 13.3. The number of quaternary nitrogens is 1. The van der Waals surface area contributed by atoms with Gasteiger partial charge in [-0.2, -0.15) is 0 Å². The molecule has 2 aromatic carbocycles. The second-order valence-corrected chi connectivity index (χ2v) is 9.00. The van der Waals surface area contributed by atoms with Crippen LogP contribution in [0.15, 0.2) is 53.4 Å². The Labute approximate surface area is 165 Å². The van der Waals surface area contributed by atoms with Crippen molar-refractivity contribution < 1.29 is 22.5 Å². The fourth-order valence-electron chi connectivity index (χ4n) is 3.12. The lowest BCUT2D eigenvalue weighted by atomic mass is 10.2. The van der Waals surface area contributed by atoms with Gasteiger partial charge in [0.15, 0.2) is 0 Å². The Balaban J connectivity index is 1.92. The van der Waals surface area contributed by atoms with Crippen LogP contribution < -0.4 is 9.21 Å². The molecule has 2 aromatic rings. The highest BCUT2D eigenvalue weighted by Crippen LogP contribution is 2.24. The highest BCUT2D eigenvalue weighted by molar-refractivity contribution is 7.92. The van der Waals surface area contributed by atoms with Gasteiger partial charge in [0.05, 0.1) is 43.8 Å². The summed E-state index contributed by atoms with van der Waals surface area (Å²) in [5.74, 6) is -0.725. The summed E-state index contributed by atoms with van der Waals surface area (Å²) in [5, 5.41) is 0. The molecule has 1 aliphatic rings. The highest BCUT2D eigenvalue weighted by atomic mass is 32.2. The molecule has 0 radical (unpaired) electrons. The number of anilines is 1. The summed E-state index contributed by atoms with van der Waals surface area (Å²) in [6.45, 7) is 4.38. The first-order valence-corrected chi connectivity index (χ1v) is 10.7. The molecule has 150 valence electrons. The van der Waals surface area contributed by atoms with E-state index < -0.39 is 15.8 Å². The van der Waals surface area contributed by atoms with Gasteiger partial charge in [-0.1, -0.05) is 17.7 Å². The van der Waals surface area contributed by atoms with E-state index in [1.54, 1.807) is 17.0 Å². The average molecular weight is 407 g/mol. The molecule has 0 aromatic heterocycles. The van der Waals surface area contributed by atoms with Crippen LogP contribution in [-0.2, 0) is 14.8 Å². The summed E-state index contributed by atoms with van der Waals surface area (Å²) >= 11 is 0. The second-order valence-electron chi connectivity index (χ2n) is 7.14. The molecule has 0 bridgehead atoms.